The maximum absolute atomic E-state index is 11.8. The van der Waals surface area contributed by atoms with Crippen molar-refractivity contribution >= 4 is 15.2 Å². The van der Waals surface area contributed by atoms with E-state index in [9.17, 15) is 4.79 Å². The molecule has 0 radical (unpaired) electrons. The van der Waals surface area contributed by atoms with E-state index in [0.717, 1.165) is 25.7 Å². The van der Waals surface area contributed by atoms with Crippen molar-refractivity contribution in [3.8, 4) is 0 Å². The molecule has 0 aliphatic carbocycles. The van der Waals surface area contributed by atoms with Gasteiger partial charge in [0.1, 0.15) is 0 Å². The fourth-order valence-electron chi connectivity index (χ4n) is 2.80. The maximum atomic E-state index is 11.8. The van der Waals surface area contributed by atoms with Crippen LogP contribution in [0.3, 0.4) is 0 Å². The van der Waals surface area contributed by atoms with Crippen LogP contribution in [0.15, 0.2) is 0 Å². The molecule has 0 aromatic carbocycles. The third-order valence-corrected chi connectivity index (χ3v) is 6.10. The number of esters is 1. The first-order valence-corrected chi connectivity index (χ1v) is 10.6. The molecule has 1 unspecified atom stereocenters. The SMILES string of the molecule is CCCCCCCCCCCCOC(=O)CCC(P)(CC)CC. The van der Waals surface area contributed by atoms with Gasteiger partial charge in [0.2, 0.25) is 0 Å². The van der Waals surface area contributed by atoms with Crippen LogP contribution in [0.5, 0.6) is 0 Å². The van der Waals surface area contributed by atoms with Gasteiger partial charge in [-0.05, 0) is 30.8 Å². The average molecular weight is 345 g/mol. The van der Waals surface area contributed by atoms with E-state index >= 15 is 0 Å². The van der Waals surface area contributed by atoms with Gasteiger partial charge in [0.15, 0.2) is 0 Å². The summed E-state index contributed by atoms with van der Waals surface area (Å²) in [5.41, 5.74) is 0. The largest absolute Gasteiger partial charge is 0.466 e. The summed E-state index contributed by atoms with van der Waals surface area (Å²) in [7, 11) is 2.92. The molecule has 0 fully saturated rings. The van der Waals surface area contributed by atoms with E-state index in [4.69, 9.17) is 4.74 Å². The molecular formula is C20H41O2P. The second-order valence-electron chi connectivity index (χ2n) is 6.97. The Morgan fingerprint density at radius 3 is 1.78 bits per heavy atom. The lowest BCUT2D eigenvalue weighted by molar-refractivity contribution is -0.144. The van der Waals surface area contributed by atoms with Crippen LogP contribution >= 0.6 is 9.24 Å². The van der Waals surface area contributed by atoms with E-state index in [1.807, 2.05) is 0 Å². The van der Waals surface area contributed by atoms with Gasteiger partial charge in [-0.2, -0.15) is 0 Å². The summed E-state index contributed by atoms with van der Waals surface area (Å²) in [5.74, 6) is -0.0188. The van der Waals surface area contributed by atoms with Crippen molar-refractivity contribution in [1.82, 2.24) is 0 Å². The van der Waals surface area contributed by atoms with Crippen molar-refractivity contribution in [3.63, 3.8) is 0 Å². The predicted octanol–water partition coefficient (Wildman–Crippen LogP) is 6.66. The molecule has 23 heavy (non-hydrogen) atoms. The number of ether oxygens (including phenoxy) is 1. The Morgan fingerprint density at radius 2 is 1.30 bits per heavy atom. The molecule has 0 aromatic rings. The highest BCUT2D eigenvalue weighted by molar-refractivity contribution is 7.18. The zero-order valence-corrected chi connectivity index (χ0v) is 17.2. The van der Waals surface area contributed by atoms with Crippen molar-refractivity contribution in [2.45, 2.75) is 116 Å². The van der Waals surface area contributed by atoms with Gasteiger partial charge in [-0.15, -0.1) is 9.24 Å². The summed E-state index contributed by atoms with van der Waals surface area (Å²) < 4.78 is 5.35. The number of carbonyl (C=O) groups is 1. The van der Waals surface area contributed by atoms with Gasteiger partial charge in [-0.1, -0.05) is 78.6 Å². The lowest BCUT2D eigenvalue weighted by Gasteiger charge is -2.25. The van der Waals surface area contributed by atoms with Crippen molar-refractivity contribution in [2.24, 2.45) is 0 Å². The van der Waals surface area contributed by atoms with Crippen molar-refractivity contribution in [3.05, 3.63) is 0 Å². The quantitative estimate of drug-likeness (QED) is 0.178. The Labute approximate surface area is 147 Å². The molecule has 2 nitrogen and oxygen atoms in total. The molecule has 3 heteroatoms. The van der Waals surface area contributed by atoms with E-state index in [1.165, 1.54) is 57.8 Å². The molecule has 0 rings (SSSR count). The summed E-state index contributed by atoms with van der Waals surface area (Å²) >= 11 is 0. The number of unbranched alkanes of at least 4 members (excludes halogenated alkanes) is 9. The van der Waals surface area contributed by atoms with Crippen molar-refractivity contribution in [2.75, 3.05) is 6.61 Å². The molecular weight excluding hydrogens is 303 g/mol. The maximum Gasteiger partial charge on any atom is 0.305 e. The van der Waals surface area contributed by atoms with Gasteiger partial charge in [-0.3, -0.25) is 4.79 Å². The van der Waals surface area contributed by atoms with Crippen LogP contribution in [0.4, 0.5) is 0 Å². The number of hydrogen-bond donors (Lipinski definition) is 0. The van der Waals surface area contributed by atoms with E-state index in [1.54, 1.807) is 0 Å². The second kappa shape index (κ2) is 15.4. The van der Waals surface area contributed by atoms with Crippen LogP contribution in [0.25, 0.3) is 0 Å². The second-order valence-corrected chi connectivity index (χ2v) is 8.20. The highest BCUT2D eigenvalue weighted by atomic mass is 31.0. The van der Waals surface area contributed by atoms with Crippen LogP contribution in [0, 0.1) is 0 Å². The molecule has 1 atom stereocenters. The summed E-state index contributed by atoms with van der Waals surface area (Å²) in [6.45, 7) is 7.24. The molecule has 0 N–H and O–H groups in total. The molecule has 0 amide bonds. The Morgan fingerprint density at radius 1 is 0.826 bits per heavy atom. The molecule has 0 aliphatic rings. The van der Waals surface area contributed by atoms with Crippen LogP contribution in [0.2, 0.25) is 0 Å². The molecule has 0 spiro atoms. The fraction of sp³-hybridized carbons (Fsp3) is 0.950. The lowest BCUT2D eigenvalue weighted by atomic mass is 9.96. The molecule has 0 bridgehead atoms. The van der Waals surface area contributed by atoms with Crippen LogP contribution in [0.1, 0.15) is 111 Å². The third-order valence-electron chi connectivity index (χ3n) is 5.00. The first-order valence-electron chi connectivity index (χ1n) is 10.0. The van der Waals surface area contributed by atoms with Crippen molar-refractivity contribution < 1.29 is 9.53 Å². The third kappa shape index (κ3) is 14.0. The normalized spacial score (nSPS) is 11.7. The zero-order valence-electron chi connectivity index (χ0n) is 16.0. The molecule has 0 saturated heterocycles. The number of rotatable bonds is 16. The number of carbonyl (C=O) groups excluding carboxylic acids is 1. The van der Waals surface area contributed by atoms with Gasteiger partial charge >= 0.3 is 5.97 Å². The van der Waals surface area contributed by atoms with Crippen LogP contribution in [-0.2, 0) is 9.53 Å². The summed E-state index contributed by atoms with van der Waals surface area (Å²) in [4.78, 5) is 11.8. The van der Waals surface area contributed by atoms with E-state index in [2.05, 4.69) is 30.0 Å². The smallest absolute Gasteiger partial charge is 0.305 e. The Balaban J connectivity index is 3.36. The van der Waals surface area contributed by atoms with Gasteiger partial charge in [0.25, 0.3) is 0 Å². The fourth-order valence-corrected chi connectivity index (χ4v) is 2.95. The van der Waals surface area contributed by atoms with E-state index in [0.29, 0.717) is 13.0 Å². The van der Waals surface area contributed by atoms with Gasteiger partial charge in [0.05, 0.1) is 6.61 Å². The van der Waals surface area contributed by atoms with E-state index < -0.39 is 0 Å². The van der Waals surface area contributed by atoms with Gasteiger partial charge < -0.3 is 4.74 Å². The zero-order chi connectivity index (χ0) is 17.4. The highest BCUT2D eigenvalue weighted by Gasteiger charge is 2.21. The lowest BCUT2D eigenvalue weighted by Crippen LogP contribution is -2.20. The van der Waals surface area contributed by atoms with Crippen molar-refractivity contribution in [1.29, 1.82) is 0 Å². The minimum Gasteiger partial charge on any atom is -0.466 e. The summed E-state index contributed by atoms with van der Waals surface area (Å²) in [5, 5.41) is 0.218. The predicted molar refractivity (Wildman–Crippen MR) is 105 cm³/mol. The highest BCUT2D eigenvalue weighted by Crippen LogP contribution is 2.31. The first kappa shape index (κ1) is 22.9. The average Bonchev–Trinajstić information content (AvgIpc) is 2.57. The van der Waals surface area contributed by atoms with Crippen LogP contribution < -0.4 is 0 Å². The molecule has 0 aromatic heterocycles. The first-order chi connectivity index (χ1) is 11.1. The summed E-state index contributed by atoms with van der Waals surface area (Å²) in [6.07, 6.45) is 16.8. The minimum absolute atomic E-state index is 0.0188. The van der Waals surface area contributed by atoms with Gasteiger partial charge in [-0.25, -0.2) is 0 Å². The monoisotopic (exact) mass is 344 g/mol. The summed E-state index contributed by atoms with van der Waals surface area (Å²) in [6, 6.07) is 0. The Kier molecular flexibility index (Phi) is 15.4. The molecule has 138 valence electrons. The Bertz CT molecular complexity index is 275. The molecule has 0 saturated carbocycles. The molecule has 0 heterocycles. The van der Waals surface area contributed by atoms with E-state index in [-0.39, 0.29) is 11.1 Å². The molecule has 0 aliphatic heterocycles. The van der Waals surface area contributed by atoms with Crippen LogP contribution in [-0.4, -0.2) is 17.7 Å². The standard InChI is InChI=1S/C20H41O2P/c1-4-7-8-9-10-11-12-13-14-15-18-22-19(21)16-17-20(23,5-2)6-3/h4-18,23H2,1-3H3. The number of hydrogen-bond acceptors (Lipinski definition) is 2. The topological polar surface area (TPSA) is 26.3 Å². The minimum atomic E-state index is -0.0188. The Hall–Kier alpha value is -0.100. The van der Waals surface area contributed by atoms with Gasteiger partial charge in [0, 0.05) is 6.42 Å².